The molecule has 2 unspecified atom stereocenters. The molecule has 0 saturated carbocycles. The highest BCUT2D eigenvalue weighted by Crippen LogP contribution is 2.13. The average Bonchev–Trinajstić information content (AvgIpc) is 2.00. The summed E-state index contributed by atoms with van der Waals surface area (Å²) in [6.45, 7) is 6.50. The van der Waals surface area contributed by atoms with Crippen molar-refractivity contribution in [1.82, 2.24) is 5.32 Å². The van der Waals surface area contributed by atoms with E-state index in [-0.39, 0.29) is 0 Å². The normalized spacial score (nSPS) is 16.4. The van der Waals surface area contributed by atoms with Gasteiger partial charge in [0.15, 0.2) is 0 Å². The van der Waals surface area contributed by atoms with Gasteiger partial charge in [0.2, 0.25) is 0 Å². The van der Waals surface area contributed by atoms with Gasteiger partial charge in [-0.25, -0.2) is 0 Å². The summed E-state index contributed by atoms with van der Waals surface area (Å²) in [6, 6.07) is 0. The molecule has 0 radical (unpaired) electrons. The predicted molar refractivity (Wildman–Crippen MR) is 48.7 cm³/mol. The molecule has 68 valence electrons. The van der Waals surface area contributed by atoms with E-state index in [1.807, 2.05) is 7.05 Å². The fourth-order valence-corrected chi connectivity index (χ4v) is 1.08. The highest BCUT2D eigenvalue weighted by molar-refractivity contribution is 4.61. The lowest BCUT2D eigenvalue weighted by molar-refractivity contribution is 0.131. The van der Waals surface area contributed by atoms with E-state index in [9.17, 15) is 0 Å². The minimum absolute atomic E-state index is 0.674. The van der Waals surface area contributed by atoms with Crippen LogP contribution < -0.4 is 5.32 Å². The zero-order valence-electron chi connectivity index (χ0n) is 8.18. The molecule has 0 aliphatic heterocycles. The van der Waals surface area contributed by atoms with Crippen molar-refractivity contribution in [2.45, 2.75) is 20.3 Å². The van der Waals surface area contributed by atoms with Gasteiger partial charge in [-0.1, -0.05) is 13.8 Å². The molecule has 0 fully saturated rings. The van der Waals surface area contributed by atoms with Crippen molar-refractivity contribution in [2.24, 2.45) is 11.8 Å². The SMILES string of the molecule is CNCCC(C)C(C)COC. The molecule has 0 spiro atoms. The quantitative estimate of drug-likeness (QED) is 0.634. The Morgan fingerprint density at radius 1 is 1.27 bits per heavy atom. The van der Waals surface area contributed by atoms with Crippen molar-refractivity contribution in [3.63, 3.8) is 0 Å². The van der Waals surface area contributed by atoms with Crippen molar-refractivity contribution >= 4 is 0 Å². The van der Waals surface area contributed by atoms with Crippen LogP contribution in [-0.2, 0) is 4.74 Å². The summed E-state index contributed by atoms with van der Waals surface area (Å²) in [5.41, 5.74) is 0. The van der Waals surface area contributed by atoms with E-state index < -0.39 is 0 Å². The smallest absolute Gasteiger partial charge is 0.0490 e. The van der Waals surface area contributed by atoms with Crippen LogP contribution in [0.3, 0.4) is 0 Å². The molecule has 2 heteroatoms. The zero-order valence-corrected chi connectivity index (χ0v) is 8.18. The van der Waals surface area contributed by atoms with Gasteiger partial charge >= 0.3 is 0 Å². The first-order valence-corrected chi connectivity index (χ1v) is 4.36. The largest absolute Gasteiger partial charge is 0.384 e. The van der Waals surface area contributed by atoms with Crippen molar-refractivity contribution in [1.29, 1.82) is 0 Å². The molecular formula is C9H21NO. The van der Waals surface area contributed by atoms with Gasteiger partial charge in [0.1, 0.15) is 0 Å². The maximum Gasteiger partial charge on any atom is 0.0490 e. The molecule has 0 saturated heterocycles. The highest BCUT2D eigenvalue weighted by atomic mass is 16.5. The van der Waals surface area contributed by atoms with Gasteiger partial charge < -0.3 is 10.1 Å². The van der Waals surface area contributed by atoms with Gasteiger partial charge in [0, 0.05) is 13.7 Å². The summed E-state index contributed by atoms with van der Waals surface area (Å²) in [6.07, 6.45) is 1.24. The Morgan fingerprint density at radius 3 is 2.36 bits per heavy atom. The van der Waals surface area contributed by atoms with Crippen molar-refractivity contribution < 1.29 is 4.74 Å². The second kappa shape index (κ2) is 6.62. The number of hydrogen-bond acceptors (Lipinski definition) is 2. The van der Waals surface area contributed by atoms with Crippen LogP contribution in [0.25, 0.3) is 0 Å². The van der Waals surface area contributed by atoms with Crippen LogP contribution in [0.15, 0.2) is 0 Å². The lowest BCUT2D eigenvalue weighted by Crippen LogP contribution is -2.19. The van der Waals surface area contributed by atoms with E-state index in [4.69, 9.17) is 4.74 Å². The van der Waals surface area contributed by atoms with Gasteiger partial charge in [-0.15, -0.1) is 0 Å². The predicted octanol–water partition coefficient (Wildman–Crippen LogP) is 1.51. The summed E-state index contributed by atoms with van der Waals surface area (Å²) in [4.78, 5) is 0. The van der Waals surface area contributed by atoms with Gasteiger partial charge in [-0.3, -0.25) is 0 Å². The summed E-state index contributed by atoms with van der Waals surface area (Å²) < 4.78 is 5.08. The van der Waals surface area contributed by atoms with Crippen LogP contribution in [0, 0.1) is 11.8 Å². The molecule has 2 atom stereocenters. The van der Waals surface area contributed by atoms with E-state index in [1.165, 1.54) is 6.42 Å². The molecule has 0 aromatic heterocycles. The van der Waals surface area contributed by atoms with Gasteiger partial charge in [-0.05, 0) is 31.8 Å². The Hall–Kier alpha value is -0.0800. The second-order valence-corrected chi connectivity index (χ2v) is 3.30. The molecule has 0 aliphatic rings. The van der Waals surface area contributed by atoms with E-state index in [1.54, 1.807) is 7.11 Å². The molecule has 1 N–H and O–H groups in total. The number of ether oxygens (including phenoxy) is 1. The van der Waals surface area contributed by atoms with Crippen molar-refractivity contribution in [3.8, 4) is 0 Å². The van der Waals surface area contributed by atoms with Crippen LogP contribution in [0.4, 0.5) is 0 Å². The standard InChI is InChI=1S/C9H21NO/c1-8(5-6-10-3)9(2)7-11-4/h8-10H,5-7H2,1-4H3. The third-order valence-electron chi connectivity index (χ3n) is 2.25. The van der Waals surface area contributed by atoms with Gasteiger partial charge in [0.25, 0.3) is 0 Å². The first kappa shape index (κ1) is 10.9. The fraction of sp³-hybridized carbons (Fsp3) is 1.00. The fourth-order valence-electron chi connectivity index (χ4n) is 1.08. The maximum atomic E-state index is 5.08. The topological polar surface area (TPSA) is 21.3 Å². The third-order valence-corrected chi connectivity index (χ3v) is 2.25. The lowest BCUT2D eigenvalue weighted by atomic mass is 9.94. The number of hydrogen-bond donors (Lipinski definition) is 1. The van der Waals surface area contributed by atoms with Crippen LogP contribution in [-0.4, -0.2) is 27.3 Å². The molecule has 2 nitrogen and oxygen atoms in total. The average molecular weight is 159 g/mol. The first-order chi connectivity index (χ1) is 5.22. The number of nitrogens with one attached hydrogen (secondary N) is 1. The number of rotatable bonds is 6. The minimum Gasteiger partial charge on any atom is -0.384 e. The molecule has 0 amide bonds. The molecule has 0 aromatic rings. The molecular weight excluding hydrogens is 138 g/mol. The van der Waals surface area contributed by atoms with Crippen LogP contribution in [0.2, 0.25) is 0 Å². The molecule has 0 heterocycles. The van der Waals surface area contributed by atoms with Crippen LogP contribution in [0.1, 0.15) is 20.3 Å². The Kier molecular flexibility index (Phi) is 6.57. The third kappa shape index (κ3) is 5.22. The molecule has 0 rings (SSSR count). The highest BCUT2D eigenvalue weighted by Gasteiger charge is 2.10. The van der Waals surface area contributed by atoms with Crippen molar-refractivity contribution in [3.05, 3.63) is 0 Å². The maximum absolute atomic E-state index is 5.08. The van der Waals surface area contributed by atoms with E-state index in [0.29, 0.717) is 5.92 Å². The van der Waals surface area contributed by atoms with Crippen LogP contribution >= 0.6 is 0 Å². The Bertz CT molecular complexity index is 85.6. The Morgan fingerprint density at radius 2 is 1.91 bits per heavy atom. The van der Waals surface area contributed by atoms with Gasteiger partial charge in [-0.2, -0.15) is 0 Å². The summed E-state index contributed by atoms with van der Waals surface area (Å²) in [5, 5.41) is 3.15. The molecule has 11 heavy (non-hydrogen) atoms. The van der Waals surface area contributed by atoms with E-state index in [2.05, 4.69) is 19.2 Å². The minimum atomic E-state index is 0.674. The summed E-state index contributed by atoms with van der Waals surface area (Å²) in [7, 11) is 3.76. The van der Waals surface area contributed by atoms with Gasteiger partial charge in [0.05, 0.1) is 0 Å². The van der Waals surface area contributed by atoms with E-state index >= 15 is 0 Å². The first-order valence-electron chi connectivity index (χ1n) is 4.36. The molecule has 0 bridgehead atoms. The second-order valence-electron chi connectivity index (χ2n) is 3.30. The Labute approximate surface area is 70.3 Å². The van der Waals surface area contributed by atoms with Crippen molar-refractivity contribution in [2.75, 3.05) is 27.3 Å². The summed E-state index contributed by atoms with van der Waals surface area (Å²) in [5.74, 6) is 1.43. The van der Waals surface area contributed by atoms with Crippen LogP contribution in [0.5, 0.6) is 0 Å². The Balaban J connectivity index is 3.38. The number of methoxy groups -OCH3 is 1. The summed E-state index contributed by atoms with van der Waals surface area (Å²) >= 11 is 0. The zero-order chi connectivity index (χ0) is 8.69. The van der Waals surface area contributed by atoms with E-state index in [0.717, 1.165) is 19.1 Å². The molecule has 0 aliphatic carbocycles. The lowest BCUT2D eigenvalue weighted by Gasteiger charge is -2.18. The monoisotopic (exact) mass is 159 g/mol. The molecule has 0 aromatic carbocycles.